The van der Waals surface area contributed by atoms with Gasteiger partial charge in [-0.1, -0.05) is 65.3 Å². The Labute approximate surface area is 278 Å². The van der Waals surface area contributed by atoms with Crippen LogP contribution >= 0.6 is 0 Å². The van der Waals surface area contributed by atoms with Crippen molar-refractivity contribution in [2.45, 2.75) is 120 Å². The van der Waals surface area contributed by atoms with E-state index in [0.29, 0.717) is 19.1 Å². The van der Waals surface area contributed by atoms with Crippen LogP contribution in [-0.4, -0.2) is 77.3 Å². The summed E-state index contributed by atoms with van der Waals surface area (Å²) >= 11 is 0. The Morgan fingerprint density at radius 1 is 1.21 bits per heavy atom. The summed E-state index contributed by atoms with van der Waals surface area (Å²) in [5.74, 6) is -0.243. The van der Waals surface area contributed by atoms with Crippen LogP contribution in [0.25, 0.3) is 0 Å². The summed E-state index contributed by atoms with van der Waals surface area (Å²) in [5, 5.41) is 10.4. The Balaban J connectivity index is 2.57. The summed E-state index contributed by atoms with van der Waals surface area (Å²) in [7, 11) is -5.47. The maximum absolute atomic E-state index is 12.8. The van der Waals surface area contributed by atoms with Crippen molar-refractivity contribution in [3.05, 3.63) is 36.0 Å². The van der Waals surface area contributed by atoms with Crippen molar-refractivity contribution in [1.82, 2.24) is 4.98 Å². The monoisotopic (exact) mass is 709 g/mol. The first-order valence-electron chi connectivity index (χ1n) is 15.6. The maximum Gasteiger partial charge on any atom is 0.534 e. The molecule has 0 saturated carbocycles. The van der Waals surface area contributed by atoms with E-state index in [4.69, 9.17) is 29.5 Å². The van der Waals surface area contributed by atoms with Gasteiger partial charge >= 0.3 is 15.6 Å². The Kier molecular flexibility index (Phi) is 14.8. The molecule has 0 unspecified atom stereocenters. The summed E-state index contributed by atoms with van der Waals surface area (Å²) in [6.07, 6.45) is 11.2. The molecule has 1 aromatic heterocycles. The van der Waals surface area contributed by atoms with E-state index >= 15 is 0 Å². The van der Waals surface area contributed by atoms with Crippen molar-refractivity contribution in [1.29, 1.82) is 0 Å². The molecule has 1 N–H and O–H groups in total. The average Bonchev–Trinajstić information content (AvgIpc) is 3.41. The van der Waals surface area contributed by atoms with Crippen LogP contribution in [0.15, 0.2) is 34.5 Å². The van der Waals surface area contributed by atoms with E-state index in [1.54, 1.807) is 7.11 Å². The van der Waals surface area contributed by atoms with Crippen molar-refractivity contribution in [3.8, 4) is 18.2 Å². The van der Waals surface area contributed by atoms with Crippen molar-refractivity contribution >= 4 is 18.4 Å². The molecular weight excluding hydrogens is 659 g/mol. The van der Waals surface area contributed by atoms with E-state index in [9.17, 15) is 26.7 Å². The van der Waals surface area contributed by atoms with Crippen LogP contribution in [0.5, 0.6) is 5.88 Å². The minimum Gasteiger partial charge on any atom is -0.445 e. The third-order valence-electron chi connectivity index (χ3n) is 8.63. The van der Waals surface area contributed by atoms with Gasteiger partial charge in [-0.05, 0) is 35.9 Å². The smallest absolute Gasteiger partial charge is 0.445 e. The Morgan fingerprint density at radius 3 is 2.32 bits per heavy atom. The molecule has 5 atom stereocenters. The van der Waals surface area contributed by atoms with Gasteiger partial charge < -0.3 is 32.3 Å². The number of nitrogens with zero attached hydrogens (tertiary/aromatic N) is 1. The molecule has 0 amide bonds. The topological polar surface area (TPSA) is 127 Å². The molecule has 0 spiro atoms. The largest absolute Gasteiger partial charge is 0.534 e. The second-order valence-corrected chi connectivity index (χ2v) is 19.8. The molecule has 0 aliphatic carbocycles. The third-order valence-corrected chi connectivity index (χ3v) is 15.7. The Bertz CT molecular complexity index is 1330. The number of aliphatic hydroxyl groups excluding tert-OH is 1. The molecule has 1 saturated heterocycles. The molecule has 15 heteroatoms. The highest BCUT2D eigenvalue weighted by atomic mass is 32.2. The van der Waals surface area contributed by atoms with Crippen molar-refractivity contribution in [2.75, 3.05) is 20.8 Å². The molecule has 10 nitrogen and oxygen atoms in total. The van der Waals surface area contributed by atoms with E-state index < -0.39 is 47.8 Å². The Morgan fingerprint density at radius 2 is 1.83 bits per heavy atom. The van der Waals surface area contributed by atoms with Crippen LogP contribution in [0.3, 0.4) is 0 Å². The van der Waals surface area contributed by atoms with Gasteiger partial charge in [-0.15, -0.1) is 12.3 Å². The molecule has 1 fully saturated rings. The van der Waals surface area contributed by atoms with Gasteiger partial charge in [0, 0.05) is 33.7 Å². The molecular formula is C32H50F3NO9SSi. The van der Waals surface area contributed by atoms with Gasteiger partial charge in [0.15, 0.2) is 12.1 Å². The molecule has 1 aromatic rings. The lowest BCUT2D eigenvalue weighted by Crippen LogP contribution is -2.56. The standard InChI is InChI=1S/C32H50F3NO9SSi/c1-11-12-26(40-9)14-13-24(8)15-28(45-47(21(2)3,22(4)5)23(6)7)27-16-25(19-37)17-31(41-10,43-27)18-29-36-30(20-42-29)44-46(38,39)32(33,34)35/h1,13-15,20-23,25-28,37H,12,16-19H2,2-10H3/t25-,26-,27-,28-,31+/m1/s1. The molecule has 2 rings (SSSR count). The van der Waals surface area contributed by atoms with Gasteiger partial charge in [-0.3, -0.25) is 0 Å². The number of alkyl halides is 3. The van der Waals surface area contributed by atoms with Crippen molar-refractivity contribution in [2.24, 2.45) is 5.92 Å². The number of hydrogen-bond donors (Lipinski definition) is 1. The predicted molar refractivity (Wildman–Crippen MR) is 173 cm³/mol. The number of ether oxygens (including phenoxy) is 3. The summed E-state index contributed by atoms with van der Waals surface area (Å²) in [6, 6.07) is 0. The average molecular weight is 710 g/mol. The van der Waals surface area contributed by atoms with Gasteiger partial charge in [0.1, 0.15) is 0 Å². The summed E-state index contributed by atoms with van der Waals surface area (Å²) in [4.78, 5) is 3.80. The number of oxazole rings is 1. The lowest BCUT2D eigenvalue weighted by Gasteiger charge is -2.49. The van der Waals surface area contributed by atoms with Gasteiger partial charge in [0.05, 0.1) is 24.7 Å². The van der Waals surface area contributed by atoms with Crippen LogP contribution in [0.1, 0.15) is 73.6 Å². The van der Waals surface area contributed by atoms with Crippen molar-refractivity contribution in [3.63, 3.8) is 0 Å². The zero-order chi connectivity index (χ0) is 35.8. The van der Waals surface area contributed by atoms with E-state index in [1.165, 1.54) is 7.11 Å². The fourth-order valence-corrected chi connectivity index (χ4v) is 12.4. The zero-order valence-electron chi connectivity index (χ0n) is 28.7. The second-order valence-electron chi connectivity index (χ2n) is 12.9. The highest BCUT2D eigenvalue weighted by Crippen LogP contribution is 2.46. The highest BCUT2D eigenvalue weighted by molar-refractivity contribution is 7.87. The minimum atomic E-state index is -5.95. The summed E-state index contributed by atoms with van der Waals surface area (Å²) in [5.41, 5.74) is -4.05. The molecule has 1 aliphatic heterocycles. The molecule has 268 valence electrons. The number of aliphatic hydroxyl groups is 1. The van der Waals surface area contributed by atoms with E-state index in [0.717, 1.165) is 5.57 Å². The molecule has 1 aliphatic rings. The van der Waals surface area contributed by atoms with Crippen LogP contribution in [-0.2, 0) is 35.2 Å². The van der Waals surface area contributed by atoms with Crippen LogP contribution in [0, 0.1) is 18.3 Å². The fraction of sp³-hybridized carbons (Fsp3) is 0.719. The van der Waals surface area contributed by atoms with Crippen molar-refractivity contribution < 1.29 is 53.9 Å². The van der Waals surface area contributed by atoms with Gasteiger partial charge in [-0.2, -0.15) is 26.6 Å². The first-order valence-corrected chi connectivity index (χ1v) is 19.1. The summed E-state index contributed by atoms with van der Waals surface area (Å²) < 4.78 is 96.1. The molecule has 0 bridgehead atoms. The Hall–Kier alpha value is -2.19. The summed E-state index contributed by atoms with van der Waals surface area (Å²) in [6.45, 7) is 14.7. The quantitative estimate of drug-likeness (QED) is 0.0616. The molecule has 0 aromatic carbocycles. The number of rotatable bonds is 17. The molecule has 47 heavy (non-hydrogen) atoms. The zero-order valence-corrected chi connectivity index (χ0v) is 30.5. The molecule has 0 radical (unpaired) electrons. The van der Waals surface area contributed by atoms with E-state index in [1.807, 2.05) is 25.2 Å². The van der Waals surface area contributed by atoms with Gasteiger partial charge in [-0.25, -0.2) is 0 Å². The SMILES string of the molecule is C#CC[C@H](C=CC(C)=C[C@@H](O[Si](C(C)C)(C(C)C)C(C)C)[C@H]1C[C@@H](CO)C[C@](Cc2nc(OS(=O)(=O)C(F)(F)F)co2)(OC)O1)OC. The lowest BCUT2D eigenvalue weighted by molar-refractivity contribution is -0.291. The third kappa shape index (κ3) is 10.4. The lowest BCUT2D eigenvalue weighted by atomic mass is 9.86. The minimum absolute atomic E-state index is 0.182. The molecule has 2 heterocycles. The number of terminal acetylenes is 1. The van der Waals surface area contributed by atoms with Crippen LogP contribution in [0.4, 0.5) is 13.2 Å². The highest BCUT2D eigenvalue weighted by Gasteiger charge is 2.51. The number of halogens is 3. The number of aromatic nitrogens is 1. The maximum atomic E-state index is 12.8. The van der Waals surface area contributed by atoms with Gasteiger partial charge in [0.2, 0.25) is 14.2 Å². The fourth-order valence-electron chi connectivity index (χ4n) is 6.47. The van der Waals surface area contributed by atoms with Crippen LogP contribution < -0.4 is 4.18 Å². The first-order chi connectivity index (χ1) is 21.8. The van der Waals surface area contributed by atoms with E-state index in [2.05, 4.69) is 56.6 Å². The van der Waals surface area contributed by atoms with Gasteiger partial charge in [0.25, 0.3) is 5.88 Å². The number of hydrogen-bond acceptors (Lipinski definition) is 10. The number of methoxy groups -OCH3 is 2. The van der Waals surface area contributed by atoms with Crippen LogP contribution in [0.2, 0.25) is 16.6 Å². The predicted octanol–water partition coefficient (Wildman–Crippen LogP) is 6.68. The number of allylic oxidation sites excluding steroid dienone is 2. The first kappa shape index (κ1) is 41.0. The second kappa shape index (κ2) is 17.0. The van der Waals surface area contributed by atoms with E-state index in [-0.39, 0.29) is 54.0 Å². The normalized spacial score (nSPS) is 23.1.